The number of hydrogen-bond donors (Lipinski definition) is 0. The molecule has 24 valence electrons. The third-order valence-corrected chi connectivity index (χ3v) is 0.123. The van der Waals surface area contributed by atoms with Crippen LogP contribution in [0.4, 0.5) is 0 Å². The van der Waals surface area contributed by atoms with E-state index in [-0.39, 0.29) is 18.9 Å². The molecule has 0 aromatic heterocycles. The van der Waals surface area contributed by atoms with Gasteiger partial charge in [0.1, 0.15) is 0 Å². The number of rotatable bonds is 0. The molecular weight excluding hydrogens is 71.0 g/mol. The van der Waals surface area contributed by atoms with Gasteiger partial charge in [-0.25, -0.2) is 0 Å². The van der Waals surface area contributed by atoms with Crippen molar-refractivity contribution in [3.8, 4) is 24.4 Å². The second kappa shape index (κ2) is 8.82. The predicted octanol–water partition coefficient (Wildman–Crippen LogP) is -4.06. The minimum Gasteiger partial charge on any atom is -0.832 e. The van der Waals surface area contributed by atoms with Gasteiger partial charge in [-0.15, -0.1) is 12.5 Å². The van der Waals surface area contributed by atoms with Crippen molar-refractivity contribution < 1.29 is 24.0 Å². The Morgan fingerprint density at radius 1 is 1.50 bits per heavy atom. The standard InChI is InChI=1S/C4H2O.Li/c1-2-3-4-5;/h1,5H;/q;+1/p-1. The summed E-state index contributed by atoms with van der Waals surface area (Å²) < 4.78 is 0. The molecule has 0 bridgehead atoms. The van der Waals surface area contributed by atoms with Crippen LogP contribution >= 0.6 is 0 Å². The van der Waals surface area contributed by atoms with E-state index in [1.807, 2.05) is 11.8 Å². The van der Waals surface area contributed by atoms with Crippen LogP contribution in [0.2, 0.25) is 0 Å². The molecule has 0 aromatic rings. The fourth-order valence-corrected chi connectivity index (χ4v) is 0.0295. The van der Waals surface area contributed by atoms with E-state index in [1.54, 1.807) is 0 Å². The summed E-state index contributed by atoms with van der Waals surface area (Å²) in [6.45, 7) is 0. The fourth-order valence-electron chi connectivity index (χ4n) is 0.0295. The van der Waals surface area contributed by atoms with Gasteiger partial charge in [0.15, 0.2) is 0 Å². The molecule has 0 unspecified atom stereocenters. The van der Waals surface area contributed by atoms with E-state index in [0.29, 0.717) is 0 Å². The van der Waals surface area contributed by atoms with Gasteiger partial charge in [0, 0.05) is 0 Å². The zero-order valence-corrected chi connectivity index (χ0v) is 3.49. The van der Waals surface area contributed by atoms with Gasteiger partial charge < -0.3 is 5.11 Å². The maximum absolute atomic E-state index is 9.03. The Hall–Kier alpha value is -0.483. The maximum atomic E-state index is 9.03. The molecule has 0 heterocycles. The normalized spacial score (nSPS) is 2.50. The van der Waals surface area contributed by atoms with Crippen LogP contribution in [0.3, 0.4) is 0 Å². The Morgan fingerprint density at radius 3 is 2.00 bits per heavy atom. The molecule has 1 nitrogen and oxygen atoms in total. The molecule has 0 saturated heterocycles. The Kier molecular flexibility index (Phi) is 13.4. The van der Waals surface area contributed by atoms with Crippen molar-refractivity contribution in [2.75, 3.05) is 0 Å². The summed E-state index contributed by atoms with van der Waals surface area (Å²) in [4.78, 5) is 0. The van der Waals surface area contributed by atoms with Gasteiger partial charge in [-0.1, -0.05) is 0 Å². The minimum atomic E-state index is 0. The summed E-state index contributed by atoms with van der Waals surface area (Å²) in [6.07, 6.45) is 5.80. The Balaban J connectivity index is 0. The molecular formula is C4HLiO. The monoisotopic (exact) mass is 72.0 g/mol. The second-order valence-electron chi connectivity index (χ2n) is 0.371. The Labute approximate surface area is 48.9 Å². The minimum absolute atomic E-state index is 0. The molecule has 0 aromatic carbocycles. The molecule has 0 aliphatic heterocycles. The van der Waals surface area contributed by atoms with Crippen molar-refractivity contribution in [1.29, 1.82) is 0 Å². The summed E-state index contributed by atoms with van der Waals surface area (Å²) in [6, 6.07) is 0. The van der Waals surface area contributed by atoms with Crippen LogP contribution < -0.4 is 24.0 Å². The molecule has 0 N–H and O–H groups in total. The van der Waals surface area contributed by atoms with E-state index in [1.165, 1.54) is 6.11 Å². The zero-order valence-electron chi connectivity index (χ0n) is 3.49. The van der Waals surface area contributed by atoms with Crippen LogP contribution in [0.1, 0.15) is 0 Å². The molecule has 0 atom stereocenters. The van der Waals surface area contributed by atoms with E-state index >= 15 is 0 Å². The Morgan fingerprint density at radius 2 is 2.00 bits per heavy atom. The van der Waals surface area contributed by atoms with Crippen LogP contribution in [-0.2, 0) is 0 Å². The molecule has 0 spiro atoms. The predicted molar refractivity (Wildman–Crippen MR) is 16.6 cm³/mol. The van der Waals surface area contributed by atoms with Crippen molar-refractivity contribution in [1.82, 2.24) is 0 Å². The molecule has 0 saturated carbocycles. The molecule has 2 heteroatoms. The quantitative estimate of drug-likeness (QED) is 0.211. The first-order chi connectivity index (χ1) is 2.41. The van der Waals surface area contributed by atoms with Crippen LogP contribution in [0.25, 0.3) is 0 Å². The van der Waals surface area contributed by atoms with Crippen LogP contribution in [0.15, 0.2) is 0 Å². The van der Waals surface area contributed by atoms with Crippen molar-refractivity contribution in [2.45, 2.75) is 0 Å². The van der Waals surface area contributed by atoms with Crippen LogP contribution in [-0.4, -0.2) is 0 Å². The molecule has 0 amide bonds. The summed E-state index contributed by atoms with van der Waals surface area (Å²) in [5, 5.41) is 9.03. The average Bonchev–Trinajstić information content (AvgIpc) is 1.41. The van der Waals surface area contributed by atoms with Gasteiger partial charge in [0.25, 0.3) is 0 Å². The SMILES string of the molecule is C#CC#C[O-].[Li+]. The van der Waals surface area contributed by atoms with Crippen LogP contribution in [0.5, 0.6) is 0 Å². The number of terminal acetylenes is 1. The molecule has 0 aliphatic rings. The molecule has 0 rings (SSSR count). The third kappa shape index (κ3) is 9.68. The fraction of sp³-hybridized carbons (Fsp3) is 0. The van der Waals surface area contributed by atoms with Crippen molar-refractivity contribution in [3.63, 3.8) is 0 Å². The van der Waals surface area contributed by atoms with E-state index in [9.17, 15) is 0 Å². The average molecular weight is 72.0 g/mol. The van der Waals surface area contributed by atoms with Gasteiger partial charge in [-0.05, 0) is 11.8 Å². The van der Waals surface area contributed by atoms with Crippen LogP contribution in [0, 0.1) is 24.4 Å². The maximum Gasteiger partial charge on any atom is 1.00 e. The number of hydrogen-bond acceptors (Lipinski definition) is 1. The first-order valence-corrected chi connectivity index (χ1v) is 0.993. The second-order valence-corrected chi connectivity index (χ2v) is 0.371. The van der Waals surface area contributed by atoms with Gasteiger partial charge in [-0.2, -0.15) is 0 Å². The smallest absolute Gasteiger partial charge is 0.832 e. The molecule has 0 aliphatic carbocycles. The Bertz CT molecular complexity index is 101. The van der Waals surface area contributed by atoms with Crippen molar-refractivity contribution in [3.05, 3.63) is 0 Å². The zero-order chi connectivity index (χ0) is 4.12. The van der Waals surface area contributed by atoms with Gasteiger partial charge in [0.05, 0.1) is 0 Å². The van der Waals surface area contributed by atoms with Gasteiger partial charge >= 0.3 is 18.9 Å². The topological polar surface area (TPSA) is 23.1 Å². The third-order valence-electron chi connectivity index (χ3n) is 0.123. The van der Waals surface area contributed by atoms with Crippen molar-refractivity contribution in [2.24, 2.45) is 0 Å². The first-order valence-electron chi connectivity index (χ1n) is 0.993. The summed E-state index contributed by atoms with van der Waals surface area (Å²) in [7, 11) is 0. The van der Waals surface area contributed by atoms with Crippen molar-refractivity contribution >= 4 is 0 Å². The molecule has 0 fully saturated rings. The molecule has 6 heavy (non-hydrogen) atoms. The van der Waals surface area contributed by atoms with Gasteiger partial charge in [-0.3, -0.25) is 0 Å². The summed E-state index contributed by atoms with van der Waals surface area (Å²) >= 11 is 0. The summed E-state index contributed by atoms with van der Waals surface area (Å²) in [5.41, 5.74) is 0. The summed E-state index contributed by atoms with van der Waals surface area (Å²) in [5.74, 6) is 3.68. The van der Waals surface area contributed by atoms with E-state index in [4.69, 9.17) is 5.11 Å². The van der Waals surface area contributed by atoms with E-state index < -0.39 is 0 Å². The first kappa shape index (κ1) is 9.10. The molecule has 0 radical (unpaired) electrons. The largest absolute Gasteiger partial charge is 1.00 e. The van der Waals surface area contributed by atoms with E-state index in [2.05, 4.69) is 6.42 Å². The van der Waals surface area contributed by atoms with E-state index in [0.717, 1.165) is 0 Å². The van der Waals surface area contributed by atoms with Gasteiger partial charge in [0.2, 0.25) is 0 Å².